The summed E-state index contributed by atoms with van der Waals surface area (Å²) in [6, 6.07) is 15.1. The van der Waals surface area contributed by atoms with Gasteiger partial charge in [0, 0.05) is 6.42 Å². The average Bonchev–Trinajstić information content (AvgIpc) is 2.55. The molecule has 1 N–H and O–H groups in total. The van der Waals surface area contributed by atoms with E-state index in [1.54, 1.807) is 0 Å². The van der Waals surface area contributed by atoms with Gasteiger partial charge in [0.05, 0.1) is 6.61 Å². The molecule has 2 rings (SSSR count). The summed E-state index contributed by atoms with van der Waals surface area (Å²) in [4.78, 5) is 11.8. The predicted molar refractivity (Wildman–Crippen MR) is 98.5 cm³/mol. The molecular weight excluding hydrogens is 316 g/mol. The minimum Gasteiger partial charge on any atom is -0.494 e. The lowest BCUT2D eigenvalue weighted by molar-refractivity contribution is -0.145. The maximum atomic E-state index is 11.8. The van der Waals surface area contributed by atoms with E-state index in [-0.39, 0.29) is 11.8 Å². The third kappa shape index (κ3) is 4.99. The highest BCUT2D eigenvalue weighted by atomic mass is 16.5. The predicted octanol–water partition coefficient (Wildman–Crippen LogP) is 4.46. The molecule has 0 amide bonds. The molecule has 2 aromatic rings. The second kappa shape index (κ2) is 8.06. The van der Waals surface area contributed by atoms with Crippen LogP contribution in [0.5, 0.6) is 11.5 Å². The van der Waals surface area contributed by atoms with Gasteiger partial charge in [0.25, 0.3) is 0 Å². The first-order valence-electron chi connectivity index (χ1n) is 8.52. The number of aliphatic carboxylic acids is 1. The van der Waals surface area contributed by atoms with Crippen molar-refractivity contribution in [2.75, 3.05) is 6.61 Å². The Labute approximate surface area is 149 Å². The number of para-hydroxylation sites is 2. The van der Waals surface area contributed by atoms with E-state index >= 15 is 0 Å². The molecule has 0 fully saturated rings. The van der Waals surface area contributed by atoms with Crippen LogP contribution in [0.15, 0.2) is 48.5 Å². The van der Waals surface area contributed by atoms with Crippen LogP contribution in [-0.4, -0.2) is 23.8 Å². The number of carbonyl (C=O) groups is 1. The quantitative estimate of drug-likeness (QED) is 0.807. The van der Waals surface area contributed by atoms with Gasteiger partial charge in [-0.3, -0.25) is 0 Å². The number of benzene rings is 2. The van der Waals surface area contributed by atoms with E-state index in [0.717, 1.165) is 11.1 Å². The molecule has 0 radical (unpaired) electrons. The van der Waals surface area contributed by atoms with Crippen molar-refractivity contribution in [3.63, 3.8) is 0 Å². The van der Waals surface area contributed by atoms with Crippen molar-refractivity contribution >= 4 is 5.97 Å². The van der Waals surface area contributed by atoms with Gasteiger partial charge in [0.15, 0.2) is 6.10 Å². The molecule has 2 aromatic carbocycles. The van der Waals surface area contributed by atoms with Gasteiger partial charge in [-0.25, -0.2) is 4.79 Å². The lowest BCUT2D eigenvalue weighted by Gasteiger charge is -2.25. The Morgan fingerprint density at radius 2 is 1.64 bits per heavy atom. The van der Waals surface area contributed by atoms with Crippen molar-refractivity contribution < 1.29 is 19.4 Å². The number of ether oxygens (including phenoxy) is 2. The van der Waals surface area contributed by atoms with Crippen LogP contribution in [0.25, 0.3) is 0 Å². The van der Waals surface area contributed by atoms with Crippen molar-refractivity contribution in [1.82, 2.24) is 0 Å². The van der Waals surface area contributed by atoms with Crippen molar-refractivity contribution in [3.8, 4) is 11.5 Å². The number of rotatable bonds is 7. The zero-order valence-corrected chi connectivity index (χ0v) is 15.3. The summed E-state index contributed by atoms with van der Waals surface area (Å²) >= 11 is 0. The number of carboxylic acids is 1. The summed E-state index contributed by atoms with van der Waals surface area (Å²) in [5, 5.41) is 9.64. The molecule has 0 saturated heterocycles. The Hall–Kier alpha value is -2.49. The molecule has 0 aliphatic carbocycles. The molecule has 0 spiro atoms. The highest BCUT2D eigenvalue weighted by Crippen LogP contribution is 2.32. The summed E-state index contributed by atoms with van der Waals surface area (Å²) in [6.07, 6.45) is -0.741. The summed E-state index contributed by atoms with van der Waals surface area (Å²) in [5.74, 6) is 0.315. The molecule has 1 atom stereocenters. The fourth-order valence-corrected chi connectivity index (χ4v) is 2.69. The second-order valence-electron chi connectivity index (χ2n) is 6.94. The van der Waals surface area contributed by atoms with Gasteiger partial charge >= 0.3 is 5.97 Å². The fraction of sp³-hybridized carbons (Fsp3) is 0.381. The fourth-order valence-electron chi connectivity index (χ4n) is 2.69. The largest absolute Gasteiger partial charge is 0.494 e. The van der Waals surface area contributed by atoms with Crippen LogP contribution in [-0.2, 0) is 16.6 Å². The van der Waals surface area contributed by atoms with Crippen LogP contribution in [0.1, 0.15) is 38.8 Å². The van der Waals surface area contributed by atoms with Crippen molar-refractivity contribution in [3.05, 3.63) is 59.7 Å². The monoisotopic (exact) mass is 342 g/mol. The van der Waals surface area contributed by atoms with E-state index in [9.17, 15) is 9.90 Å². The zero-order chi connectivity index (χ0) is 18.4. The van der Waals surface area contributed by atoms with E-state index < -0.39 is 12.1 Å². The molecule has 0 aliphatic rings. The number of carboxylic acid groups (broad SMARTS) is 1. The molecule has 0 heterocycles. The van der Waals surface area contributed by atoms with Crippen LogP contribution < -0.4 is 9.47 Å². The van der Waals surface area contributed by atoms with Crippen LogP contribution in [0.3, 0.4) is 0 Å². The standard InChI is InChI=1S/C21H26O4/c1-5-24-17-12-8-6-10-15(17)14-19(20(22)23)25-18-13-9-7-11-16(18)21(2,3)4/h6-13,19H,5,14H2,1-4H3,(H,22,23)/t19-/m0/s1. The minimum atomic E-state index is -0.991. The Morgan fingerprint density at radius 3 is 2.24 bits per heavy atom. The Balaban J connectivity index is 2.28. The Kier molecular flexibility index (Phi) is 6.07. The van der Waals surface area contributed by atoms with E-state index in [2.05, 4.69) is 20.8 Å². The molecule has 25 heavy (non-hydrogen) atoms. The number of hydrogen-bond acceptors (Lipinski definition) is 3. The topological polar surface area (TPSA) is 55.8 Å². The summed E-state index contributed by atoms with van der Waals surface area (Å²) in [7, 11) is 0. The van der Waals surface area contributed by atoms with Crippen LogP contribution in [0.2, 0.25) is 0 Å². The minimum absolute atomic E-state index is 0.136. The third-order valence-corrected chi connectivity index (χ3v) is 3.92. The smallest absolute Gasteiger partial charge is 0.345 e. The van der Waals surface area contributed by atoms with E-state index in [1.165, 1.54) is 0 Å². The van der Waals surface area contributed by atoms with Gasteiger partial charge in [-0.05, 0) is 35.6 Å². The lowest BCUT2D eigenvalue weighted by Crippen LogP contribution is -2.30. The van der Waals surface area contributed by atoms with Crippen LogP contribution >= 0.6 is 0 Å². The maximum Gasteiger partial charge on any atom is 0.345 e. The molecule has 4 nitrogen and oxygen atoms in total. The van der Waals surface area contributed by atoms with Gasteiger partial charge in [-0.2, -0.15) is 0 Å². The second-order valence-corrected chi connectivity index (χ2v) is 6.94. The molecule has 0 aromatic heterocycles. The van der Waals surface area contributed by atoms with Crippen molar-refractivity contribution in [1.29, 1.82) is 0 Å². The molecule has 0 unspecified atom stereocenters. The highest BCUT2D eigenvalue weighted by Gasteiger charge is 2.25. The normalized spacial score (nSPS) is 12.5. The first-order chi connectivity index (χ1) is 11.8. The van der Waals surface area contributed by atoms with Crippen LogP contribution in [0, 0.1) is 0 Å². The van der Waals surface area contributed by atoms with Gasteiger partial charge in [0.2, 0.25) is 0 Å². The van der Waals surface area contributed by atoms with Gasteiger partial charge < -0.3 is 14.6 Å². The molecule has 0 aliphatic heterocycles. The Bertz CT molecular complexity index is 716. The number of hydrogen-bond donors (Lipinski definition) is 1. The molecule has 0 saturated carbocycles. The SMILES string of the molecule is CCOc1ccccc1C[C@H](Oc1ccccc1C(C)(C)C)C(=O)O. The van der Waals surface area contributed by atoms with Crippen molar-refractivity contribution in [2.45, 2.75) is 45.6 Å². The molecule has 134 valence electrons. The van der Waals surface area contributed by atoms with Crippen LogP contribution in [0.4, 0.5) is 0 Å². The maximum absolute atomic E-state index is 11.8. The third-order valence-electron chi connectivity index (χ3n) is 3.92. The van der Waals surface area contributed by atoms with Gasteiger partial charge in [0.1, 0.15) is 11.5 Å². The van der Waals surface area contributed by atoms with E-state index in [0.29, 0.717) is 18.1 Å². The lowest BCUT2D eigenvalue weighted by atomic mass is 9.86. The summed E-state index contributed by atoms with van der Waals surface area (Å²) < 4.78 is 11.5. The first kappa shape index (κ1) is 18.8. The van der Waals surface area contributed by atoms with Crippen molar-refractivity contribution in [2.24, 2.45) is 0 Å². The molecule has 4 heteroatoms. The van der Waals surface area contributed by atoms with E-state index in [4.69, 9.17) is 9.47 Å². The van der Waals surface area contributed by atoms with E-state index in [1.807, 2.05) is 55.5 Å². The summed E-state index contributed by atoms with van der Waals surface area (Å²) in [5.41, 5.74) is 1.67. The average molecular weight is 342 g/mol. The highest BCUT2D eigenvalue weighted by molar-refractivity contribution is 5.73. The molecular formula is C21H26O4. The summed E-state index contributed by atoms with van der Waals surface area (Å²) in [6.45, 7) is 8.67. The van der Waals surface area contributed by atoms with Gasteiger partial charge in [-0.1, -0.05) is 57.2 Å². The molecule has 0 bridgehead atoms. The zero-order valence-electron chi connectivity index (χ0n) is 15.3. The Morgan fingerprint density at radius 1 is 1.04 bits per heavy atom. The van der Waals surface area contributed by atoms with Gasteiger partial charge in [-0.15, -0.1) is 0 Å². The first-order valence-corrected chi connectivity index (χ1v) is 8.52.